The van der Waals surface area contributed by atoms with Crippen molar-refractivity contribution < 1.29 is 0 Å². The summed E-state index contributed by atoms with van der Waals surface area (Å²) in [4.78, 5) is 18.6. The summed E-state index contributed by atoms with van der Waals surface area (Å²) in [7, 11) is 0. The highest BCUT2D eigenvalue weighted by Gasteiger charge is 2.45. The van der Waals surface area contributed by atoms with Crippen molar-refractivity contribution in [1.29, 1.82) is 0 Å². The maximum absolute atomic E-state index is 4.84. The van der Waals surface area contributed by atoms with Gasteiger partial charge in [-0.2, -0.15) is 0 Å². The molecule has 0 amide bonds. The molecule has 1 saturated carbocycles. The molecule has 2 bridgehead atoms. The molecule has 5 heterocycles. The van der Waals surface area contributed by atoms with Gasteiger partial charge in [-0.05, 0) is 52.9 Å². The van der Waals surface area contributed by atoms with Crippen molar-refractivity contribution >= 4 is 21.7 Å². The van der Waals surface area contributed by atoms with Crippen LogP contribution in [0.4, 0.5) is 5.82 Å². The van der Waals surface area contributed by atoms with E-state index < -0.39 is 0 Å². The Hall–Kier alpha value is -1.53. The third kappa shape index (κ3) is 2.71. The highest BCUT2D eigenvalue weighted by atomic mass is 79.9. The Bertz CT molecular complexity index is 751. The van der Waals surface area contributed by atoms with E-state index in [1.807, 2.05) is 18.6 Å². The van der Waals surface area contributed by atoms with E-state index in [9.17, 15) is 0 Å². The number of piperidine rings is 1. The van der Waals surface area contributed by atoms with E-state index in [0.29, 0.717) is 18.0 Å². The van der Waals surface area contributed by atoms with E-state index >= 15 is 0 Å². The molecule has 124 valence electrons. The summed E-state index contributed by atoms with van der Waals surface area (Å²) in [6.45, 7) is 3.18. The van der Waals surface area contributed by atoms with Gasteiger partial charge in [0.05, 0.1) is 0 Å². The van der Waals surface area contributed by atoms with Gasteiger partial charge in [-0.15, -0.1) is 0 Å². The molecule has 3 saturated heterocycles. The first kappa shape index (κ1) is 14.8. The summed E-state index contributed by atoms with van der Waals surface area (Å²) >= 11 is 3.51. The normalized spacial score (nSPS) is 26.3. The second kappa shape index (κ2) is 5.77. The summed E-state index contributed by atoms with van der Waals surface area (Å²) in [5, 5.41) is 0. The van der Waals surface area contributed by atoms with Crippen LogP contribution in [0, 0.1) is 0 Å². The molecule has 2 aromatic heterocycles. The van der Waals surface area contributed by atoms with Gasteiger partial charge >= 0.3 is 0 Å². The van der Waals surface area contributed by atoms with Gasteiger partial charge in [-0.3, -0.25) is 9.88 Å². The number of anilines is 1. The van der Waals surface area contributed by atoms with E-state index in [1.54, 1.807) is 0 Å². The Morgan fingerprint density at radius 2 is 2.00 bits per heavy atom. The van der Waals surface area contributed by atoms with Crippen molar-refractivity contribution in [3.8, 4) is 0 Å². The van der Waals surface area contributed by atoms with E-state index in [0.717, 1.165) is 35.7 Å². The van der Waals surface area contributed by atoms with Crippen molar-refractivity contribution in [3.05, 3.63) is 46.6 Å². The predicted molar refractivity (Wildman–Crippen MR) is 95.9 cm³/mol. The molecule has 5 nitrogen and oxygen atoms in total. The van der Waals surface area contributed by atoms with Crippen LogP contribution >= 0.6 is 15.9 Å². The second-order valence-corrected chi connectivity index (χ2v) is 8.12. The average molecular weight is 386 g/mol. The van der Waals surface area contributed by atoms with Crippen LogP contribution in [-0.4, -0.2) is 45.0 Å². The third-order valence-electron chi connectivity index (χ3n) is 5.30. The summed E-state index contributed by atoms with van der Waals surface area (Å²) < 4.78 is 1.05. The predicted octanol–water partition coefficient (Wildman–Crippen LogP) is 2.97. The van der Waals surface area contributed by atoms with Crippen molar-refractivity contribution in [1.82, 2.24) is 19.9 Å². The maximum Gasteiger partial charge on any atom is 0.133 e. The van der Waals surface area contributed by atoms with Crippen molar-refractivity contribution in [2.24, 2.45) is 0 Å². The highest BCUT2D eigenvalue weighted by Crippen LogP contribution is 2.40. The zero-order chi connectivity index (χ0) is 16.1. The van der Waals surface area contributed by atoms with E-state index in [1.165, 1.54) is 24.8 Å². The highest BCUT2D eigenvalue weighted by molar-refractivity contribution is 9.10. The molecule has 0 aromatic carbocycles. The molecule has 2 unspecified atom stereocenters. The van der Waals surface area contributed by atoms with Crippen LogP contribution in [0.2, 0.25) is 0 Å². The average Bonchev–Trinajstić information content (AvgIpc) is 3.40. The molecule has 24 heavy (non-hydrogen) atoms. The van der Waals surface area contributed by atoms with Crippen LogP contribution in [0.15, 0.2) is 35.2 Å². The summed E-state index contributed by atoms with van der Waals surface area (Å²) in [5.41, 5.74) is 1.27. The maximum atomic E-state index is 4.84. The molecular formula is C18H20BrN5. The van der Waals surface area contributed by atoms with Gasteiger partial charge in [-0.25, -0.2) is 9.97 Å². The first-order valence-corrected chi connectivity index (χ1v) is 9.48. The van der Waals surface area contributed by atoms with Crippen molar-refractivity contribution in [2.75, 3.05) is 18.0 Å². The SMILES string of the molecule is Brc1cncc(CN2CC3CC(C2)N3c2ccnc(C3CC3)n2)c1. The Morgan fingerprint density at radius 1 is 1.17 bits per heavy atom. The Balaban J connectivity index is 1.28. The molecule has 2 aromatic rings. The zero-order valence-corrected chi connectivity index (χ0v) is 15.1. The lowest BCUT2D eigenvalue weighted by Gasteiger charge is -2.57. The van der Waals surface area contributed by atoms with E-state index in [-0.39, 0.29) is 0 Å². The Morgan fingerprint density at radius 3 is 2.75 bits per heavy atom. The van der Waals surface area contributed by atoms with Gasteiger partial charge in [0.2, 0.25) is 0 Å². The smallest absolute Gasteiger partial charge is 0.133 e. The number of fused-ring (bicyclic) bond motifs is 2. The summed E-state index contributed by atoms with van der Waals surface area (Å²) in [6.07, 6.45) is 9.54. The van der Waals surface area contributed by atoms with Gasteiger partial charge < -0.3 is 4.90 Å². The molecule has 6 rings (SSSR count). The molecule has 6 heteroatoms. The molecule has 3 aliphatic heterocycles. The molecule has 4 aliphatic rings. The number of hydrogen-bond donors (Lipinski definition) is 0. The van der Waals surface area contributed by atoms with E-state index in [4.69, 9.17) is 4.98 Å². The van der Waals surface area contributed by atoms with Crippen LogP contribution in [0.25, 0.3) is 0 Å². The van der Waals surface area contributed by atoms with Gasteiger partial charge in [0.25, 0.3) is 0 Å². The first-order valence-electron chi connectivity index (χ1n) is 8.69. The number of pyridine rings is 1. The minimum absolute atomic E-state index is 0.589. The van der Waals surface area contributed by atoms with Crippen LogP contribution in [0.5, 0.6) is 0 Å². The third-order valence-corrected chi connectivity index (χ3v) is 5.74. The molecule has 0 N–H and O–H groups in total. The monoisotopic (exact) mass is 385 g/mol. The second-order valence-electron chi connectivity index (χ2n) is 7.20. The minimum atomic E-state index is 0.589. The van der Waals surface area contributed by atoms with Crippen LogP contribution in [0.1, 0.15) is 36.6 Å². The van der Waals surface area contributed by atoms with Gasteiger partial charge in [0.1, 0.15) is 11.6 Å². The topological polar surface area (TPSA) is 45.2 Å². The number of aromatic nitrogens is 3. The number of halogens is 1. The Kier molecular flexibility index (Phi) is 3.56. The largest absolute Gasteiger partial charge is 0.348 e. The quantitative estimate of drug-likeness (QED) is 0.809. The van der Waals surface area contributed by atoms with E-state index in [2.05, 4.69) is 47.8 Å². The van der Waals surface area contributed by atoms with Gasteiger partial charge in [0.15, 0.2) is 0 Å². The lowest BCUT2D eigenvalue weighted by molar-refractivity contribution is 0.107. The fraction of sp³-hybridized carbons (Fsp3) is 0.500. The lowest BCUT2D eigenvalue weighted by Crippen LogP contribution is -2.69. The number of rotatable bonds is 4. The standard InChI is InChI=1S/C18H20BrN5/c19-14-5-12(7-20-8-14)9-23-10-15-6-16(11-23)24(15)17-3-4-21-18(22-17)13-1-2-13/h3-5,7-8,13,15-16H,1-2,6,9-11H2. The van der Waals surface area contributed by atoms with Crippen LogP contribution < -0.4 is 4.90 Å². The van der Waals surface area contributed by atoms with Gasteiger partial charge in [-0.1, -0.05) is 0 Å². The molecule has 1 aliphatic carbocycles. The zero-order valence-electron chi connectivity index (χ0n) is 13.5. The summed E-state index contributed by atoms with van der Waals surface area (Å²) in [5.74, 6) is 2.80. The molecular weight excluding hydrogens is 366 g/mol. The fourth-order valence-electron chi connectivity index (χ4n) is 4.05. The minimum Gasteiger partial charge on any atom is -0.348 e. The molecule has 0 radical (unpaired) electrons. The number of hydrogen-bond acceptors (Lipinski definition) is 5. The van der Waals surface area contributed by atoms with Crippen molar-refractivity contribution in [3.63, 3.8) is 0 Å². The van der Waals surface area contributed by atoms with Crippen LogP contribution in [0.3, 0.4) is 0 Å². The summed E-state index contributed by atoms with van der Waals surface area (Å²) in [6, 6.07) is 5.42. The molecule has 4 fully saturated rings. The molecule has 0 spiro atoms. The Labute approximate surface area is 150 Å². The molecule has 2 atom stereocenters. The van der Waals surface area contributed by atoms with Crippen LogP contribution in [-0.2, 0) is 6.54 Å². The first-order chi connectivity index (χ1) is 11.8. The fourth-order valence-corrected chi connectivity index (χ4v) is 4.46. The van der Waals surface area contributed by atoms with Gasteiger partial charge in [0, 0.05) is 60.7 Å². The lowest BCUT2D eigenvalue weighted by atomic mass is 9.87. The number of nitrogens with zero attached hydrogens (tertiary/aromatic N) is 5. The van der Waals surface area contributed by atoms with Crippen molar-refractivity contribution in [2.45, 2.75) is 43.8 Å². The number of piperazine rings is 1.